The van der Waals surface area contributed by atoms with Crippen LogP contribution < -0.4 is 15.6 Å². The van der Waals surface area contributed by atoms with E-state index in [0.717, 1.165) is 22.6 Å². The van der Waals surface area contributed by atoms with E-state index in [1.807, 2.05) is 31.2 Å². The Labute approximate surface area is 145 Å². The van der Waals surface area contributed by atoms with E-state index in [4.69, 9.17) is 0 Å². The molecule has 3 rings (SSSR count). The molecule has 1 heterocycles. The number of halogens is 1. The number of aromatic amines is 1. The number of carbonyl (C=O) groups is 1. The van der Waals surface area contributed by atoms with Crippen molar-refractivity contribution in [3.8, 4) is 0 Å². The lowest BCUT2D eigenvalue weighted by Crippen LogP contribution is -2.18. The zero-order chi connectivity index (χ0) is 17.6. The molecule has 0 bridgehead atoms. The minimum absolute atomic E-state index is 0.176. The Kier molecular flexibility index (Phi) is 5.04. The molecule has 1 amide bonds. The van der Waals surface area contributed by atoms with Gasteiger partial charge in [-0.2, -0.15) is 0 Å². The molecule has 0 spiro atoms. The van der Waals surface area contributed by atoms with Crippen molar-refractivity contribution >= 4 is 17.4 Å². The summed E-state index contributed by atoms with van der Waals surface area (Å²) in [5, 5.41) is 6.05. The fourth-order valence-corrected chi connectivity index (χ4v) is 2.32. The van der Waals surface area contributed by atoms with E-state index < -0.39 is 0 Å². The molecule has 0 aliphatic rings. The first-order valence-corrected chi connectivity index (χ1v) is 7.98. The van der Waals surface area contributed by atoms with Crippen molar-refractivity contribution < 1.29 is 14.2 Å². The average Bonchev–Trinajstić information content (AvgIpc) is 2.63. The third-order valence-corrected chi connectivity index (χ3v) is 3.78. The molecule has 126 valence electrons. The highest BCUT2D eigenvalue weighted by Crippen LogP contribution is 2.11. The molecule has 2 aromatic carbocycles. The lowest BCUT2D eigenvalue weighted by atomic mass is 10.2. The number of benzene rings is 2. The molecule has 0 fully saturated rings. The van der Waals surface area contributed by atoms with Gasteiger partial charge in [0.15, 0.2) is 0 Å². The number of hydrogen-bond acceptors (Lipinski definition) is 2. The van der Waals surface area contributed by atoms with Crippen LogP contribution in [-0.4, -0.2) is 5.91 Å². The van der Waals surface area contributed by atoms with Gasteiger partial charge in [0.1, 0.15) is 18.6 Å². The van der Waals surface area contributed by atoms with Crippen LogP contribution in [0, 0.1) is 12.7 Å². The summed E-state index contributed by atoms with van der Waals surface area (Å²) in [6.07, 6.45) is 1.65. The van der Waals surface area contributed by atoms with Gasteiger partial charge in [-0.05, 0) is 42.8 Å². The van der Waals surface area contributed by atoms with Crippen LogP contribution in [0.15, 0.2) is 66.9 Å². The molecule has 0 saturated heterocycles. The van der Waals surface area contributed by atoms with Gasteiger partial charge < -0.3 is 5.32 Å². The summed E-state index contributed by atoms with van der Waals surface area (Å²) in [6.45, 7) is 2.56. The first kappa shape index (κ1) is 16.6. The van der Waals surface area contributed by atoms with E-state index >= 15 is 0 Å². The number of carbonyl (C=O) groups excluding carboxylic acids is 1. The summed E-state index contributed by atoms with van der Waals surface area (Å²) in [5.41, 5.74) is 3.40. The predicted octanol–water partition coefficient (Wildman–Crippen LogP) is 3.81. The standard InChI is InChI=1S/C20H18FN3O/c1-14-2-9-18(10-3-14)24-20(25)16-6-11-19(23-13-16)22-12-15-4-7-17(21)8-5-15/h2-11,13H,12H2,1H3,(H,22,23)(H,24,25)/p+1. The monoisotopic (exact) mass is 336 g/mol. The Morgan fingerprint density at radius 1 is 1.00 bits per heavy atom. The van der Waals surface area contributed by atoms with E-state index in [1.165, 1.54) is 12.1 Å². The summed E-state index contributed by atoms with van der Waals surface area (Å²) >= 11 is 0. The zero-order valence-corrected chi connectivity index (χ0v) is 13.8. The highest BCUT2D eigenvalue weighted by atomic mass is 19.1. The molecule has 1 aromatic heterocycles. The van der Waals surface area contributed by atoms with Crippen LogP contribution in [0.3, 0.4) is 0 Å². The van der Waals surface area contributed by atoms with E-state index in [9.17, 15) is 9.18 Å². The number of nitrogens with one attached hydrogen (secondary N) is 3. The molecular formula is C20H19FN3O+. The topological polar surface area (TPSA) is 55.3 Å². The van der Waals surface area contributed by atoms with Crippen LogP contribution in [0.1, 0.15) is 21.5 Å². The molecule has 25 heavy (non-hydrogen) atoms. The normalized spacial score (nSPS) is 10.3. The van der Waals surface area contributed by atoms with Crippen LogP contribution in [0.2, 0.25) is 0 Å². The van der Waals surface area contributed by atoms with Crippen molar-refractivity contribution in [2.75, 3.05) is 10.6 Å². The molecule has 0 radical (unpaired) electrons. The number of pyridine rings is 1. The number of rotatable bonds is 5. The van der Waals surface area contributed by atoms with Gasteiger partial charge in [-0.3, -0.25) is 10.1 Å². The third-order valence-electron chi connectivity index (χ3n) is 3.78. The molecule has 5 heteroatoms. The number of H-pyrrole nitrogens is 1. The minimum atomic E-state index is -0.251. The molecule has 0 saturated carbocycles. The molecule has 3 aromatic rings. The van der Waals surface area contributed by atoms with Crippen molar-refractivity contribution in [3.63, 3.8) is 0 Å². The third kappa shape index (κ3) is 4.64. The van der Waals surface area contributed by atoms with Gasteiger partial charge in [0, 0.05) is 11.8 Å². The lowest BCUT2D eigenvalue weighted by Gasteiger charge is -2.05. The highest BCUT2D eigenvalue weighted by Gasteiger charge is 2.09. The molecule has 0 aliphatic heterocycles. The van der Waals surface area contributed by atoms with E-state index in [2.05, 4.69) is 15.6 Å². The van der Waals surface area contributed by atoms with Gasteiger partial charge in [-0.25, -0.2) is 9.37 Å². The fourth-order valence-electron chi connectivity index (χ4n) is 2.32. The van der Waals surface area contributed by atoms with E-state index in [-0.39, 0.29) is 11.7 Å². The van der Waals surface area contributed by atoms with Crippen LogP contribution in [0.5, 0.6) is 0 Å². The first-order valence-electron chi connectivity index (χ1n) is 7.98. The van der Waals surface area contributed by atoms with Gasteiger partial charge >= 0.3 is 0 Å². The number of anilines is 2. The maximum atomic E-state index is 12.9. The van der Waals surface area contributed by atoms with E-state index in [0.29, 0.717) is 12.1 Å². The van der Waals surface area contributed by atoms with Crippen molar-refractivity contribution in [1.29, 1.82) is 0 Å². The second-order valence-corrected chi connectivity index (χ2v) is 5.79. The number of aromatic nitrogens is 1. The van der Waals surface area contributed by atoms with Gasteiger partial charge in [0.25, 0.3) is 11.7 Å². The number of hydrogen-bond donors (Lipinski definition) is 2. The maximum Gasteiger partial charge on any atom is 0.272 e. The van der Waals surface area contributed by atoms with Crippen molar-refractivity contribution in [2.24, 2.45) is 0 Å². The minimum Gasteiger partial charge on any atom is -0.322 e. The molecule has 4 nitrogen and oxygen atoms in total. The maximum absolute atomic E-state index is 12.9. The van der Waals surface area contributed by atoms with Crippen LogP contribution >= 0.6 is 0 Å². The summed E-state index contributed by atoms with van der Waals surface area (Å²) in [4.78, 5) is 15.3. The second-order valence-electron chi connectivity index (χ2n) is 5.79. The van der Waals surface area contributed by atoms with Gasteiger partial charge in [-0.15, -0.1) is 0 Å². The summed E-state index contributed by atoms with van der Waals surface area (Å²) in [7, 11) is 0. The van der Waals surface area contributed by atoms with Crippen molar-refractivity contribution in [2.45, 2.75) is 13.5 Å². The van der Waals surface area contributed by atoms with Gasteiger partial charge in [-0.1, -0.05) is 29.8 Å². The Morgan fingerprint density at radius 2 is 1.72 bits per heavy atom. The Balaban J connectivity index is 1.58. The Morgan fingerprint density at radius 3 is 2.36 bits per heavy atom. The quantitative estimate of drug-likeness (QED) is 0.744. The lowest BCUT2D eigenvalue weighted by molar-refractivity contribution is -0.361. The summed E-state index contributed by atoms with van der Waals surface area (Å²) < 4.78 is 12.9. The number of aryl methyl sites for hydroxylation is 1. The molecule has 0 unspecified atom stereocenters. The highest BCUT2D eigenvalue weighted by molar-refractivity contribution is 6.03. The second kappa shape index (κ2) is 7.57. The molecule has 0 aliphatic carbocycles. The molecule has 3 N–H and O–H groups in total. The van der Waals surface area contributed by atoms with Gasteiger partial charge in [0.2, 0.25) is 0 Å². The predicted molar refractivity (Wildman–Crippen MR) is 95.9 cm³/mol. The Hall–Kier alpha value is -3.21. The van der Waals surface area contributed by atoms with Crippen molar-refractivity contribution in [3.05, 3.63) is 89.4 Å². The Bertz CT molecular complexity index is 844. The van der Waals surface area contributed by atoms with Crippen LogP contribution in [0.25, 0.3) is 0 Å². The zero-order valence-electron chi connectivity index (χ0n) is 13.8. The first-order chi connectivity index (χ1) is 12.1. The smallest absolute Gasteiger partial charge is 0.272 e. The van der Waals surface area contributed by atoms with Crippen LogP contribution in [-0.2, 0) is 6.54 Å². The van der Waals surface area contributed by atoms with Crippen LogP contribution in [0.4, 0.5) is 15.9 Å². The van der Waals surface area contributed by atoms with Gasteiger partial charge in [0.05, 0.1) is 5.56 Å². The molecular weight excluding hydrogens is 317 g/mol. The average molecular weight is 336 g/mol. The number of amides is 1. The fraction of sp³-hybridized carbons (Fsp3) is 0.100. The van der Waals surface area contributed by atoms with E-state index in [1.54, 1.807) is 30.5 Å². The largest absolute Gasteiger partial charge is 0.322 e. The molecule has 0 atom stereocenters. The summed E-state index contributed by atoms with van der Waals surface area (Å²) in [5.74, 6) is 0.348. The SMILES string of the molecule is Cc1ccc(NC(=O)c2ccc(NCc3ccc(F)cc3)[nH+]c2)cc1. The summed E-state index contributed by atoms with van der Waals surface area (Å²) in [6, 6.07) is 17.5. The van der Waals surface area contributed by atoms with Crippen molar-refractivity contribution in [1.82, 2.24) is 0 Å².